The van der Waals surface area contributed by atoms with E-state index in [1.165, 1.54) is 12.1 Å². The summed E-state index contributed by atoms with van der Waals surface area (Å²) in [6, 6.07) is 9.85. The SMILES string of the molecule is O=C(Nc1ccc(C2CC2)cn1)/C(=C/[C@H]1C[C@@H](F)[C@@H](F)C1)c1ccc(S(=O)(=O)C2CC2)cc1. The lowest BCUT2D eigenvalue weighted by Crippen LogP contribution is -2.16. The zero-order valence-electron chi connectivity index (χ0n) is 18.1. The molecule has 5 nitrogen and oxygen atoms in total. The molecule has 33 heavy (non-hydrogen) atoms. The molecule has 3 fully saturated rings. The van der Waals surface area contributed by atoms with Crippen LogP contribution in [-0.2, 0) is 14.6 Å². The Morgan fingerprint density at radius 2 is 1.64 bits per heavy atom. The number of carbonyl (C=O) groups is 1. The topological polar surface area (TPSA) is 76.1 Å². The second-order valence-corrected chi connectivity index (χ2v) is 11.5. The highest BCUT2D eigenvalue weighted by molar-refractivity contribution is 7.92. The Labute approximate surface area is 192 Å². The van der Waals surface area contributed by atoms with Crippen LogP contribution in [0.4, 0.5) is 14.6 Å². The van der Waals surface area contributed by atoms with Gasteiger partial charge in [-0.3, -0.25) is 4.79 Å². The van der Waals surface area contributed by atoms with Crippen LogP contribution in [0.3, 0.4) is 0 Å². The van der Waals surface area contributed by atoms with Crippen LogP contribution in [0.2, 0.25) is 0 Å². The normalized spacial score (nSPS) is 25.8. The van der Waals surface area contributed by atoms with Gasteiger partial charge in [-0.05, 0) is 79.7 Å². The number of rotatable bonds is 7. The average Bonchev–Trinajstić information content (AvgIpc) is 3.70. The fraction of sp³-hybridized carbons (Fsp3) is 0.440. The number of nitrogens with one attached hydrogen (secondary N) is 1. The van der Waals surface area contributed by atoms with Gasteiger partial charge >= 0.3 is 0 Å². The Morgan fingerprint density at radius 3 is 2.18 bits per heavy atom. The number of allylic oxidation sites excluding steroid dienone is 1. The number of anilines is 1. The molecule has 5 rings (SSSR count). The maximum atomic E-state index is 13.8. The van der Waals surface area contributed by atoms with Crippen molar-refractivity contribution in [2.24, 2.45) is 5.92 Å². The fourth-order valence-corrected chi connectivity index (χ4v) is 6.02. The van der Waals surface area contributed by atoms with E-state index in [0.717, 1.165) is 18.4 Å². The van der Waals surface area contributed by atoms with E-state index in [4.69, 9.17) is 0 Å². The third-order valence-corrected chi connectivity index (χ3v) is 8.91. The highest BCUT2D eigenvalue weighted by Crippen LogP contribution is 2.40. The maximum absolute atomic E-state index is 13.8. The minimum Gasteiger partial charge on any atom is -0.307 e. The van der Waals surface area contributed by atoms with Gasteiger partial charge in [0.15, 0.2) is 9.84 Å². The predicted octanol–water partition coefficient (Wildman–Crippen LogP) is 5.00. The first kappa shape index (κ1) is 22.2. The highest BCUT2D eigenvalue weighted by Gasteiger charge is 2.37. The van der Waals surface area contributed by atoms with E-state index in [1.807, 2.05) is 6.07 Å². The van der Waals surface area contributed by atoms with Crippen molar-refractivity contribution in [3.8, 4) is 0 Å². The molecule has 1 aromatic carbocycles. The molecule has 0 saturated heterocycles. The number of nitrogens with zero attached hydrogens (tertiary/aromatic N) is 1. The molecule has 0 bridgehead atoms. The molecule has 0 spiro atoms. The van der Waals surface area contributed by atoms with Crippen LogP contribution in [0.5, 0.6) is 0 Å². The van der Waals surface area contributed by atoms with Crippen LogP contribution in [0, 0.1) is 5.92 Å². The lowest BCUT2D eigenvalue weighted by Gasteiger charge is -2.13. The van der Waals surface area contributed by atoms with E-state index in [9.17, 15) is 22.0 Å². The minimum atomic E-state index is -3.35. The Bertz CT molecular complexity index is 1160. The van der Waals surface area contributed by atoms with Gasteiger partial charge in [0.05, 0.1) is 10.1 Å². The Balaban J connectivity index is 1.40. The molecule has 1 aromatic heterocycles. The van der Waals surface area contributed by atoms with Gasteiger partial charge in [0, 0.05) is 11.8 Å². The summed E-state index contributed by atoms with van der Waals surface area (Å²) in [4.78, 5) is 17.7. The summed E-state index contributed by atoms with van der Waals surface area (Å²) in [6.07, 6.45) is 3.94. The Hall–Kier alpha value is -2.61. The second-order valence-electron chi connectivity index (χ2n) is 9.32. The number of sulfone groups is 1. The number of benzene rings is 1. The number of amides is 1. The predicted molar refractivity (Wildman–Crippen MR) is 122 cm³/mol. The molecule has 1 heterocycles. The molecule has 0 radical (unpaired) electrons. The summed E-state index contributed by atoms with van der Waals surface area (Å²) in [6.45, 7) is 0. The van der Waals surface area contributed by atoms with Crippen molar-refractivity contribution in [3.63, 3.8) is 0 Å². The molecule has 8 heteroatoms. The van der Waals surface area contributed by atoms with Crippen molar-refractivity contribution in [3.05, 3.63) is 59.8 Å². The molecule has 3 aliphatic rings. The first-order valence-electron chi connectivity index (χ1n) is 11.4. The molecule has 1 N–H and O–H groups in total. The van der Waals surface area contributed by atoms with Crippen LogP contribution < -0.4 is 5.32 Å². The van der Waals surface area contributed by atoms with Crippen LogP contribution in [-0.4, -0.2) is 36.9 Å². The minimum absolute atomic E-state index is 0.0143. The monoisotopic (exact) mass is 472 g/mol. The highest BCUT2D eigenvalue weighted by atomic mass is 32.2. The average molecular weight is 473 g/mol. The molecule has 3 saturated carbocycles. The summed E-state index contributed by atoms with van der Waals surface area (Å²) in [7, 11) is -3.35. The number of halogens is 2. The summed E-state index contributed by atoms with van der Waals surface area (Å²) < 4.78 is 52.5. The Kier molecular flexibility index (Phi) is 5.80. The molecule has 3 aliphatic carbocycles. The lowest BCUT2D eigenvalue weighted by atomic mass is 9.98. The molecule has 3 atom stereocenters. The quantitative estimate of drug-likeness (QED) is 0.575. The number of pyridine rings is 1. The van der Waals surface area contributed by atoms with Crippen LogP contribution in [0.1, 0.15) is 55.6 Å². The van der Waals surface area contributed by atoms with Crippen molar-refractivity contribution < 1.29 is 22.0 Å². The zero-order chi connectivity index (χ0) is 23.2. The molecular formula is C25H26F2N2O3S. The first-order chi connectivity index (χ1) is 15.8. The molecule has 0 aliphatic heterocycles. The lowest BCUT2D eigenvalue weighted by molar-refractivity contribution is -0.111. The van der Waals surface area contributed by atoms with Crippen LogP contribution >= 0.6 is 0 Å². The molecule has 2 aromatic rings. The van der Waals surface area contributed by atoms with Crippen molar-refractivity contribution >= 4 is 27.1 Å². The van der Waals surface area contributed by atoms with Gasteiger partial charge in [-0.15, -0.1) is 0 Å². The van der Waals surface area contributed by atoms with Gasteiger partial charge < -0.3 is 5.32 Å². The summed E-state index contributed by atoms with van der Waals surface area (Å²) in [5, 5.41) is 2.45. The van der Waals surface area contributed by atoms with Gasteiger partial charge in [0.25, 0.3) is 5.91 Å². The smallest absolute Gasteiger partial charge is 0.257 e. The first-order valence-corrected chi connectivity index (χ1v) is 13.0. The fourth-order valence-electron chi connectivity index (χ4n) is 4.36. The zero-order valence-corrected chi connectivity index (χ0v) is 18.9. The molecular weight excluding hydrogens is 446 g/mol. The summed E-state index contributed by atoms with van der Waals surface area (Å²) >= 11 is 0. The van der Waals surface area contributed by atoms with Crippen molar-refractivity contribution in [2.45, 2.75) is 66.9 Å². The number of aromatic nitrogens is 1. The van der Waals surface area contributed by atoms with E-state index in [0.29, 0.717) is 30.1 Å². The number of hydrogen-bond donors (Lipinski definition) is 1. The standard InChI is InChI=1S/C25H26F2N2O3S/c26-22-12-15(13-23(22)27)11-21(17-3-6-19(7-4-17)33(31,32)20-8-9-20)25(30)29-24-10-5-18(14-28-24)16-1-2-16/h3-7,10-11,14-16,20,22-23H,1-2,8-9,12-13H2,(H,28,29,30)/b21-11+/t15-,22+,23-. The van der Waals surface area contributed by atoms with Crippen molar-refractivity contribution in [1.82, 2.24) is 4.98 Å². The maximum Gasteiger partial charge on any atom is 0.257 e. The van der Waals surface area contributed by atoms with E-state index in [2.05, 4.69) is 10.3 Å². The third-order valence-electron chi connectivity index (χ3n) is 6.63. The van der Waals surface area contributed by atoms with Gasteiger partial charge in [-0.2, -0.15) is 0 Å². The largest absolute Gasteiger partial charge is 0.307 e. The van der Waals surface area contributed by atoms with Crippen LogP contribution in [0.15, 0.2) is 53.6 Å². The van der Waals surface area contributed by atoms with Crippen molar-refractivity contribution in [2.75, 3.05) is 5.32 Å². The molecule has 174 valence electrons. The second kappa shape index (κ2) is 8.63. The number of hydrogen-bond acceptors (Lipinski definition) is 4. The molecule has 0 unspecified atom stereocenters. The van der Waals surface area contributed by atoms with Crippen LogP contribution in [0.25, 0.3) is 5.57 Å². The van der Waals surface area contributed by atoms with E-state index in [-0.39, 0.29) is 28.6 Å². The van der Waals surface area contributed by atoms with Crippen molar-refractivity contribution in [1.29, 1.82) is 0 Å². The van der Waals surface area contributed by atoms with E-state index in [1.54, 1.807) is 30.5 Å². The van der Waals surface area contributed by atoms with E-state index >= 15 is 0 Å². The summed E-state index contributed by atoms with van der Waals surface area (Å²) in [5.74, 6) is 0.0715. The summed E-state index contributed by atoms with van der Waals surface area (Å²) in [5.41, 5.74) is 1.89. The van der Waals surface area contributed by atoms with Gasteiger partial charge in [0.2, 0.25) is 0 Å². The third kappa shape index (κ3) is 4.86. The molecule has 1 amide bonds. The number of alkyl halides is 2. The Morgan fingerprint density at radius 1 is 0.970 bits per heavy atom. The van der Waals surface area contributed by atoms with Gasteiger partial charge in [-0.1, -0.05) is 24.3 Å². The number of carbonyl (C=O) groups excluding carboxylic acids is 1. The van der Waals surface area contributed by atoms with Gasteiger partial charge in [-0.25, -0.2) is 22.2 Å². The van der Waals surface area contributed by atoms with E-state index < -0.39 is 34.0 Å². The van der Waals surface area contributed by atoms with Gasteiger partial charge in [0.1, 0.15) is 18.2 Å².